The predicted octanol–water partition coefficient (Wildman–Crippen LogP) is 2.32. The summed E-state index contributed by atoms with van der Waals surface area (Å²) in [6.07, 6.45) is 2.83. The lowest BCUT2D eigenvalue weighted by atomic mass is 10.1. The van der Waals surface area contributed by atoms with Gasteiger partial charge in [0.2, 0.25) is 0 Å². The molecule has 142 valence electrons. The summed E-state index contributed by atoms with van der Waals surface area (Å²) in [5.74, 6) is -1.23. The van der Waals surface area contributed by atoms with Gasteiger partial charge in [0.15, 0.2) is 17.3 Å². The van der Waals surface area contributed by atoms with E-state index >= 15 is 0 Å². The van der Waals surface area contributed by atoms with E-state index in [0.717, 1.165) is 0 Å². The number of ether oxygens (including phenoxy) is 3. The van der Waals surface area contributed by atoms with Crippen LogP contribution in [0.15, 0.2) is 48.5 Å². The van der Waals surface area contributed by atoms with Crippen LogP contribution in [0.3, 0.4) is 0 Å². The Balaban J connectivity index is 2.07. The third-order valence-corrected chi connectivity index (χ3v) is 3.32. The summed E-state index contributed by atoms with van der Waals surface area (Å²) in [4.78, 5) is 22.6. The molecule has 0 saturated heterocycles. The second kappa shape index (κ2) is 9.33. The number of carboxylic acid groups (broad SMARTS) is 1. The lowest BCUT2D eigenvalue weighted by molar-refractivity contribution is -0.307. The number of hydrogen-bond acceptors (Lipinski definition) is 6. The first kappa shape index (κ1) is 19.9. The molecule has 0 heterocycles. The van der Waals surface area contributed by atoms with Crippen molar-refractivity contribution in [2.45, 2.75) is 6.61 Å². The lowest BCUT2D eigenvalue weighted by Crippen LogP contribution is -2.29. The summed E-state index contributed by atoms with van der Waals surface area (Å²) in [6.45, 7) is -3.55. The summed E-state index contributed by atoms with van der Waals surface area (Å²) < 4.78 is 38.6. The predicted molar refractivity (Wildman–Crippen MR) is 89.9 cm³/mol. The molecule has 0 bridgehead atoms. The number of carboxylic acids is 1. The zero-order valence-electron chi connectivity index (χ0n) is 14.2. The van der Waals surface area contributed by atoms with Crippen molar-refractivity contribution in [3.05, 3.63) is 59.7 Å². The van der Waals surface area contributed by atoms with E-state index in [1.165, 1.54) is 49.6 Å². The molecule has 0 aliphatic carbocycles. The van der Waals surface area contributed by atoms with Gasteiger partial charge >= 0.3 is 6.61 Å². The molecule has 2 aromatic carbocycles. The maximum absolute atomic E-state index is 12.1. The highest BCUT2D eigenvalue weighted by Crippen LogP contribution is 2.28. The molecule has 0 aliphatic rings. The number of aliphatic carboxylic acids is 1. The van der Waals surface area contributed by atoms with E-state index in [2.05, 4.69) is 4.74 Å². The topological polar surface area (TPSA) is 84.9 Å². The van der Waals surface area contributed by atoms with Crippen LogP contribution in [-0.2, 0) is 4.79 Å². The first-order valence-corrected chi connectivity index (χ1v) is 7.67. The van der Waals surface area contributed by atoms with Gasteiger partial charge in [-0.25, -0.2) is 0 Å². The zero-order chi connectivity index (χ0) is 19.8. The van der Waals surface area contributed by atoms with Crippen molar-refractivity contribution >= 4 is 17.8 Å². The van der Waals surface area contributed by atoms with Gasteiger partial charge in [0.05, 0.1) is 13.1 Å². The van der Waals surface area contributed by atoms with Crippen LogP contribution in [0.1, 0.15) is 15.9 Å². The number of allylic oxidation sites excluding steroid dienone is 1. The first-order chi connectivity index (χ1) is 12.9. The number of carbonyl (C=O) groups is 2. The van der Waals surface area contributed by atoms with Gasteiger partial charge in [-0.15, -0.1) is 0 Å². The van der Waals surface area contributed by atoms with Gasteiger partial charge in [-0.2, -0.15) is 8.78 Å². The van der Waals surface area contributed by atoms with Crippen LogP contribution in [0.5, 0.6) is 17.2 Å². The molecular weight excluding hydrogens is 362 g/mol. The molecule has 6 nitrogen and oxygen atoms in total. The monoisotopic (exact) mass is 377 g/mol. The van der Waals surface area contributed by atoms with Gasteiger partial charge in [0.1, 0.15) is 12.4 Å². The number of hydrogen-bond donors (Lipinski definition) is 0. The molecule has 0 unspecified atom stereocenters. The van der Waals surface area contributed by atoms with E-state index < -0.39 is 19.2 Å². The molecule has 0 atom stereocenters. The molecule has 0 saturated carbocycles. The molecule has 0 fully saturated rings. The second-order valence-electron chi connectivity index (χ2n) is 5.17. The minimum absolute atomic E-state index is 0.0394. The third-order valence-electron chi connectivity index (χ3n) is 3.32. The van der Waals surface area contributed by atoms with Crippen molar-refractivity contribution < 1.29 is 37.7 Å². The average molecular weight is 377 g/mol. The van der Waals surface area contributed by atoms with Crippen molar-refractivity contribution in [3.63, 3.8) is 0 Å². The fourth-order valence-corrected chi connectivity index (χ4v) is 2.11. The molecule has 0 spiro atoms. The van der Waals surface area contributed by atoms with Gasteiger partial charge in [0.25, 0.3) is 0 Å². The maximum Gasteiger partial charge on any atom is 0.387 e. The summed E-state index contributed by atoms with van der Waals surface area (Å²) in [6, 6.07) is 9.98. The molecule has 0 aromatic heterocycles. The van der Waals surface area contributed by atoms with E-state index in [9.17, 15) is 23.5 Å². The molecule has 8 heteroatoms. The summed E-state index contributed by atoms with van der Waals surface area (Å²) in [5.41, 5.74) is 0.910. The molecule has 2 rings (SSSR count). The number of alkyl halides is 2. The Hall–Kier alpha value is -3.42. The Morgan fingerprint density at radius 3 is 2.41 bits per heavy atom. The Bertz CT molecular complexity index is 831. The van der Waals surface area contributed by atoms with E-state index in [0.29, 0.717) is 16.9 Å². The first-order valence-electron chi connectivity index (χ1n) is 7.67. The molecule has 2 aromatic rings. The Morgan fingerprint density at radius 2 is 1.81 bits per heavy atom. The van der Waals surface area contributed by atoms with Gasteiger partial charge in [-0.05, 0) is 48.0 Å². The molecular formula is C19H15F2O6-. The summed E-state index contributed by atoms with van der Waals surface area (Å²) in [7, 11) is 1.39. The highest BCUT2D eigenvalue weighted by molar-refractivity contribution is 6.06. The number of halogens is 2. The normalized spacial score (nSPS) is 10.8. The number of carbonyl (C=O) groups excluding carboxylic acids is 2. The van der Waals surface area contributed by atoms with Crippen molar-refractivity contribution in [3.8, 4) is 17.2 Å². The van der Waals surface area contributed by atoms with Gasteiger partial charge < -0.3 is 24.1 Å². The van der Waals surface area contributed by atoms with Crippen molar-refractivity contribution in [2.75, 3.05) is 13.7 Å². The fraction of sp³-hybridized carbons (Fsp3) is 0.158. The molecule has 0 amide bonds. The van der Waals surface area contributed by atoms with Crippen molar-refractivity contribution in [2.24, 2.45) is 0 Å². The Morgan fingerprint density at radius 1 is 1.11 bits per heavy atom. The Kier molecular flexibility index (Phi) is 6.87. The highest BCUT2D eigenvalue weighted by Gasteiger charge is 2.07. The summed E-state index contributed by atoms with van der Waals surface area (Å²) in [5, 5.41) is 10.5. The molecule has 0 N–H and O–H groups in total. The van der Waals surface area contributed by atoms with E-state index in [1.807, 2.05) is 0 Å². The van der Waals surface area contributed by atoms with E-state index in [-0.39, 0.29) is 17.3 Å². The smallest absolute Gasteiger partial charge is 0.387 e. The Labute approximate surface area is 153 Å². The van der Waals surface area contributed by atoms with Gasteiger partial charge in [-0.3, -0.25) is 4.79 Å². The van der Waals surface area contributed by atoms with Gasteiger partial charge in [0, 0.05) is 5.56 Å². The van der Waals surface area contributed by atoms with Crippen LogP contribution in [0, 0.1) is 0 Å². The number of ketones is 1. The highest BCUT2D eigenvalue weighted by atomic mass is 19.3. The summed E-state index contributed by atoms with van der Waals surface area (Å²) >= 11 is 0. The number of methoxy groups -OCH3 is 1. The third kappa shape index (κ3) is 6.10. The van der Waals surface area contributed by atoms with Crippen LogP contribution in [0.25, 0.3) is 6.08 Å². The maximum atomic E-state index is 12.1. The standard InChI is InChI=1S/C19H16F2O6/c1-25-17-10-12(3-9-16(17)26-11-18(23)24)2-8-15(22)13-4-6-14(7-5-13)27-19(20)21/h2-10,19H,11H2,1H3,(H,23,24)/p-1/b8-2+. The fourth-order valence-electron chi connectivity index (χ4n) is 2.11. The number of rotatable bonds is 9. The molecule has 27 heavy (non-hydrogen) atoms. The minimum atomic E-state index is -2.93. The molecule has 0 aliphatic heterocycles. The van der Waals surface area contributed by atoms with Crippen molar-refractivity contribution in [1.29, 1.82) is 0 Å². The van der Waals surface area contributed by atoms with E-state index in [1.54, 1.807) is 12.1 Å². The van der Waals surface area contributed by atoms with E-state index in [4.69, 9.17) is 9.47 Å². The number of benzene rings is 2. The van der Waals surface area contributed by atoms with Gasteiger partial charge in [-0.1, -0.05) is 12.1 Å². The minimum Gasteiger partial charge on any atom is -0.546 e. The van der Waals surface area contributed by atoms with Crippen LogP contribution in [-0.4, -0.2) is 32.1 Å². The average Bonchev–Trinajstić information content (AvgIpc) is 2.64. The van der Waals surface area contributed by atoms with Crippen molar-refractivity contribution in [1.82, 2.24) is 0 Å². The van der Waals surface area contributed by atoms with Crippen LogP contribution >= 0.6 is 0 Å². The molecule has 0 radical (unpaired) electrons. The van der Waals surface area contributed by atoms with Crippen LogP contribution in [0.2, 0.25) is 0 Å². The largest absolute Gasteiger partial charge is 0.546 e. The van der Waals surface area contributed by atoms with Crippen LogP contribution < -0.4 is 19.3 Å². The zero-order valence-corrected chi connectivity index (χ0v) is 14.2. The second-order valence-corrected chi connectivity index (χ2v) is 5.17. The quantitative estimate of drug-likeness (QED) is 0.493. The lowest BCUT2D eigenvalue weighted by Gasteiger charge is -2.11. The van der Waals surface area contributed by atoms with Crippen LogP contribution in [0.4, 0.5) is 8.78 Å². The SMILES string of the molecule is COc1cc(/C=C/C(=O)c2ccc(OC(F)F)cc2)ccc1OCC(=O)[O-].